The number of benzene rings is 14. The number of fused-ring (bicyclic) bond motifs is 15. The van der Waals surface area contributed by atoms with Crippen LogP contribution in [0.2, 0.25) is 0 Å². The van der Waals surface area contributed by atoms with Crippen molar-refractivity contribution in [1.29, 1.82) is 0 Å². The zero-order chi connectivity index (χ0) is 62.5. The molecule has 6 heterocycles. The molecule has 7 nitrogen and oxygen atoms in total. The smallest absolute Gasteiger partial charge is 0.160 e. The third kappa shape index (κ3) is 9.20. The molecule has 444 valence electrons. The fraction of sp³-hybridized carbons (Fsp3) is 0. The Hall–Kier alpha value is -12.8. The molecule has 0 amide bonds. The van der Waals surface area contributed by atoms with Crippen LogP contribution in [0.4, 0.5) is 0 Å². The van der Waals surface area contributed by atoms with Crippen LogP contribution in [0.3, 0.4) is 0 Å². The van der Waals surface area contributed by atoms with E-state index in [2.05, 4.69) is 276 Å². The fourth-order valence-corrected chi connectivity index (χ4v) is 14.3. The van der Waals surface area contributed by atoms with Crippen molar-refractivity contribution < 1.29 is 13.3 Å². The van der Waals surface area contributed by atoms with Crippen LogP contribution in [0.5, 0.6) is 0 Å². The van der Waals surface area contributed by atoms with Crippen LogP contribution in [0, 0.1) is 0 Å². The van der Waals surface area contributed by atoms with E-state index in [1.54, 1.807) is 0 Å². The van der Waals surface area contributed by atoms with E-state index < -0.39 is 0 Å². The Morgan fingerprint density at radius 1 is 0.189 bits per heavy atom. The number of aromatic nitrogens is 4. The summed E-state index contributed by atoms with van der Waals surface area (Å²) in [5, 5.41) is 11.6. The summed E-state index contributed by atoms with van der Waals surface area (Å²) in [6.07, 6.45) is 0. The third-order valence-corrected chi connectivity index (χ3v) is 18.8. The molecular weight excluding hydrogens is 1160 g/mol. The fourth-order valence-electron chi connectivity index (χ4n) is 14.3. The molecule has 0 saturated heterocycles. The minimum atomic E-state index is 0.697. The van der Waals surface area contributed by atoms with Crippen molar-refractivity contribution in [3.05, 3.63) is 328 Å². The van der Waals surface area contributed by atoms with Gasteiger partial charge < -0.3 is 22.4 Å². The van der Waals surface area contributed by atoms with Crippen molar-refractivity contribution in [2.75, 3.05) is 0 Å². The molecule has 0 fully saturated rings. The first-order valence-electron chi connectivity index (χ1n) is 32.1. The van der Waals surface area contributed by atoms with Crippen LogP contribution in [0.1, 0.15) is 0 Å². The third-order valence-electron chi connectivity index (χ3n) is 18.8. The minimum absolute atomic E-state index is 0.697. The molecule has 95 heavy (non-hydrogen) atoms. The highest BCUT2D eigenvalue weighted by atomic mass is 16.3. The molecule has 0 N–H and O–H groups in total. The molecule has 0 aliphatic heterocycles. The summed E-state index contributed by atoms with van der Waals surface area (Å²) < 4.78 is 23.2. The Morgan fingerprint density at radius 2 is 0.495 bits per heavy atom. The first kappa shape index (κ1) is 53.9. The lowest BCUT2D eigenvalue weighted by Crippen LogP contribution is -2.01. The standard InChI is InChI=1S/C46H30N4.C42H24O3/c1-3-15-31(16-4-1)40-30-41(48-46(47-40)32-17-5-2-6-18-32)33-27-34(49-42-23-11-7-19-36(42)37-20-8-12-24-43(37)49)29-35(28-33)50-44-25-13-9-21-38(44)39-22-10-14-26-45(39)50;1-4-10-37-31(7-1)34-22-25(13-16-40(34)43-37)28-19-29(26-14-17-41-35(23-26)32-8-2-5-11-38(32)44-41)21-30(20-28)27-15-18-42-36(24-27)33-9-3-6-12-39(33)45-42/h1-30H;1-24H. The van der Waals surface area contributed by atoms with Gasteiger partial charge in [0.25, 0.3) is 0 Å². The van der Waals surface area contributed by atoms with Gasteiger partial charge >= 0.3 is 0 Å². The molecule has 20 rings (SSSR count). The van der Waals surface area contributed by atoms with E-state index in [9.17, 15) is 0 Å². The second-order valence-corrected chi connectivity index (χ2v) is 24.4. The van der Waals surface area contributed by atoms with Crippen LogP contribution < -0.4 is 0 Å². The summed E-state index contributed by atoms with van der Waals surface area (Å²) in [5.41, 5.74) is 23.8. The zero-order valence-electron chi connectivity index (χ0n) is 51.2. The summed E-state index contributed by atoms with van der Waals surface area (Å²) in [4.78, 5) is 10.4. The molecule has 0 aliphatic carbocycles. The number of para-hydroxylation sites is 7. The van der Waals surface area contributed by atoms with E-state index in [1.165, 1.54) is 21.5 Å². The van der Waals surface area contributed by atoms with Gasteiger partial charge in [0.15, 0.2) is 5.82 Å². The number of furan rings is 3. The van der Waals surface area contributed by atoms with Gasteiger partial charge in [0.1, 0.15) is 33.5 Å². The van der Waals surface area contributed by atoms with Crippen molar-refractivity contribution in [3.63, 3.8) is 0 Å². The maximum atomic E-state index is 6.15. The SMILES string of the molecule is c1ccc(-c2cc(-c3cc(-n4c5ccccc5c5ccccc54)cc(-n4c5ccccc5c5ccccc54)c3)nc(-c3ccccc3)n2)cc1.c1ccc2c(c1)oc1ccc(-c3cc(-c4ccc5oc6ccccc6c5c4)cc(-c4ccc5oc6ccccc6c5c4)c3)cc12. The number of hydrogen-bond acceptors (Lipinski definition) is 5. The highest BCUT2D eigenvalue weighted by molar-refractivity contribution is 6.12. The van der Waals surface area contributed by atoms with Gasteiger partial charge in [-0.05, 0) is 155 Å². The van der Waals surface area contributed by atoms with Crippen LogP contribution in [0.25, 0.3) is 188 Å². The van der Waals surface area contributed by atoms with Gasteiger partial charge in [-0.1, -0.05) is 206 Å². The van der Waals surface area contributed by atoms with Gasteiger partial charge in [-0.3, -0.25) is 0 Å². The number of hydrogen-bond donors (Lipinski definition) is 0. The summed E-state index contributed by atoms with van der Waals surface area (Å²) in [6.45, 7) is 0. The lowest BCUT2D eigenvalue weighted by molar-refractivity contribution is 0.668. The first-order chi connectivity index (χ1) is 47.0. The van der Waals surface area contributed by atoms with E-state index in [0.29, 0.717) is 5.82 Å². The maximum absolute atomic E-state index is 6.15. The van der Waals surface area contributed by atoms with Crippen molar-refractivity contribution in [2.45, 2.75) is 0 Å². The maximum Gasteiger partial charge on any atom is 0.160 e. The molecule has 0 saturated carbocycles. The molecule has 20 aromatic rings. The molecule has 6 aromatic heterocycles. The average molecular weight is 1220 g/mol. The Morgan fingerprint density at radius 3 is 0.874 bits per heavy atom. The lowest BCUT2D eigenvalue weighted by atomic mass is 9.92. The van der Waals surface area contributed by atoms with Crippen molar-refractivity contribution in [1.82, 2.24) is 19.1 Å². The summed E-state index contributed by atoms with van der Waals surface area (Å²) in [6, 6.07) is 115. The van der Waals surface area contributed by atoms with Crippen LogP contribution in [-0.4, -0.2) is 19.1 Å². The van der Waals surface area contributed by atoms with Crippen LogP contribution in [0.15, 0.2) is 341 Å². The second-order valence-electron chi connectivity index (χ2n) is 24.4. The van der Waals surface area contributed by atoms with Crippen molar-refractivity contribution in [2.24, 2.45) is 0 Å². The van der Waals surface area contributed by atoms with Gasteiger partial charge in [0.2, 0.25) is 0 Å². The van der Waals surface area contributed by atoms with Gasteiger partial charge in [-0.25, -0.2) is 9.97 Å². The molecule has 0 unspecified atom stereocenters. The largest absolute Gasteiger partial charge is 0.456 e. The normalized spacial score (nSPS) is 11.8. The zero-order valence-corrected chi connectivity index (χ0v) is 51.2. The molecule has 0 spiro atoms. The van der Waals surface area contributed by atoms with Crippen LogP contribution >= 0.6 is 0 Å². The van der Waals surface area contributed by atoms with E-state index in [1.807, 2.05) is 60.7 Å². The van der Waals surface area contributed by atoms with E-state index in [4.69, 9.17) is 23.2 Å². The molecule has 14 aromatic carbocycles. The van der Waals surface area contributed by atoms with Gasteiger partial charge in [-0.15, -0.1) is 0 Å². The molecule has 0 aliphatic rings. The number of rotatable bonds is 8. The molecular formula is C88H54N4O3. The van der Waals surface area contributed by atoms with Gasteiger partial charge in [0, 0.05) is 81.9 Å². The Bertz CT molecular complexity index is 5810. The van der Waals surface area contributed by atoms with Gasteiger partial charge in [0.05, 0.1) is 33.5 Å². The molecule has 0 bridgehead atoms. The molecule has 0 atom stereocenters. The van der Waals surface area contributed by atoms with E-state index in [-0.39, 0.29) is 0 Å². The minimum Gasteiger partial charge on any atom is -0.456 e. The summed E-state index contributed by atoms with van der Waals surface area (Å²) in [5.74, 6) is 0.697. The van der Waals surface area contributed by atoms with Crippen LogP contribution in [-0.2, 0) is 0 Å². The quantitative estimate of drug-likeness (QED) is 0.152. The average Bonchev–Trinajstić information content (AvgIpc) is 1.59. The Kier molecular flexibility index (Phi) is 12.5. The highest BCUT2D eigenvalue weighted by Crippen LogP contribution is 2.43. The number of nitrogens with zero attached hydrogens (tertiary/aromatic N) is 4. The van der Waals surface area contributed by atoms with E-state index >= 15 is 0 Å². The topological polar surface area (TPSA) is 75.1 Å². The first-order valence-corrected chi connectivity index (χ1v) is 32.1. The summed E-state index contributed by atoms with van der Waals surface area (Å²) in [7, 11) is 0. The van der Waals surface area contributed by atoms with Crippen molar-refractivity contribution >= 4 is 109 Å². The lowest BCUT2D eigenvalue weighted by Gasteiger charge is -2.16. The predicted octanol–water partition coefficient (Wildman–Crippen LogP) is 24.1. The van der Waals surface area contributed by atoms with Crippen molar-refractivity contribution in [3.8, 4) is 78.7 Å². The Labute approximate surface area is 544 Å². The second kappa shape index (κ2) is 21.9. The monoisotopic (exact) mass is 1210 g/mol. The predicted molar refractivity (Wildman–Crippen MR) is 392 cm³/mol. The van der Waals surface area contributed by atoms with E-state index in [0.717, 1.165) is 161 Å². The Balaban J connectivity index is 0.000000135. The van der Waals surface area contributed by atoms with Gasteiger partial charge in [-0.2, -0.15) is 0 Å². The molecule has 7 heteroatoms. The summed E-state index contributed by atoms with van der Waals surface area (Å²) >= 11 is 0. The molecule has 0 radical (unpaired) electrons. The highest BCUT2D eigenvalue weighted by Gasteiger charge is 2.21.